The molecule has 2 atom stereocenters. The van der Waals surface area contributed by atoms with E-state index in [0.717, 1.165) is 37.5 Å². The molecule has 19 heavy (non-hydrogen) atoms. The highest BCUT2D eigenvalue weighted by atomic mass is 32.2. The second kappa shape index (κ2) is 4.74. The van der Waals surface area contributed by atoms with Crippen LogP contribution in [0.5, 0.6) is 0 Å². The van der Waals surface area contributed by atoms with Crippen LogP contribution in [0.4, 0.5) is 0 Å². The Morgan fingerprint density at radius 1 is 1.11 bits per heavy atom. The van der Waals surface area contributed by atoms with Gasteiger partial charge in [0.2, 0.25) is 15.9 Å². The molecule has 0 aromatic rings. The molecule has 0 spiro atoms. The number of hydrogen-bond donors (Lipinski definition) is 1. The van der Waals surface area contributed by atoms with Gasteiger partial charge in [-0.1, -0.05) is 0 Å². The fraction of sp³-hybridized carbons (Fsp3) is 0.923. The maximum Gasteiger partial charge on any atom is 0.225 e. The maximum atomic E-state index is 12.3. The third-order valence-corrected chi connectivity index (χ3v) is 5.54. The number of nitrogens with zero attached hydrogens (tertiary/aromatic N) is 1. The predicted molar refractivity (Wildman–Crippen MR) is 71.9 cm³/mol. The predicted octanol–water partition coefficient (Wildman–Crippen LogP) is 0.573. The van der Waals surface area contributed by atoms with E-state index >= 15 is 0 Å². The van der Waals surface area contributed by atoms with Crippen molar-refractivity contribution < 1.29 is 13.2 Å². The fourth-order valence-corrected chi connectivity index (χ4v) is 4.54. The van der Waals surface area contributed by atoms with E-state index in [9.17, 15) is 13.2 Å². The number of carbonyl (C=O) groups excluding carboxylic acids is 1. The minimum atomic E-state index is -3.13. The largest absolute Gasteiger partial charge is 0.342 e. The van der Waals surface area contributed by atoms with Gasteiger partial charge < -0.3 is 4.90 Å². The van der Waals surface area contributed by atoms with Crippen LogP contribution in [-0.2, 0) is 14.8 Å². The van der Waals surface area contributed by atoms with Crippen LogP contribution in [0.1, 0.15) is 32.1 Å². The second-order valence-electron chi connectivity index (χ2n) is 6.41. The van der Waals surface area contributed by atoms with Gasteiger partial charge in [-0.2, -0.15) is 0 Å². The second-order valence-corrected chi connectivity index (χ2v) is 8.19. The Balaban J connectivity index is 1.48. The first-order valence-electron chi connectivity index (χ1n) is 7.18. The molecule has 5 nitrogen and oxygen atoms in total. The minimum Gasteiger partial charge on any atom is -0.342 e. The third-order valence-electron chi connectivity index (χ3n) is 4.78. The van der Waals surface area contributed by atoms with E-state index in [0.29, 0.717) is 19.0 Å². The molecular formula is C13H22N2O3S. The molecule has 108 valence electrons. The van der Waals surface area contributed by atoms with Crippen LogP contribution >= 0.6 is 0 Å². The summed E-state index contributed by atoms with van der Waals surface area (Å²) in [6, 6.07) is -0.00368. The van der Waals surface area contributed by atoms with E-state index in [4.69, 9.17) is 0 Å². The van der Waals surface area contributed by atoms with Crippen molar-refractivity contribution in [3.63, 3.8) is 0 Å². The molecule has 1 heterocycles. The number of nitrogens with one attached hydrogen (secondary N) is 1. The van der Waals surface area contributed by atoms with Gasteiger partial charge in [0.15, 0.2) is 0 Å². The molecule has 3 rings (SSSR count). The molecule has 0 bridgehead atoms. The highest BCUT2D eigenvalue weighted by molar-refractivity contribution is 7.88. The molecule has 3 aliphatic rings. The van der Waals surface area contributed by atoms with E-state index in [2.05, 4.69) is 4.72 Å². The fourth-order valence-electron chi connectivity index (χ4n) is 3.70. The van der Waals surface area contributed by atoms with Crippen molar-refractivity contribution in [3.8, 4) is 0 Å². The summed E-state index contributed by atoms with van der Waals surface area (Å²) in [5.41, 5.74) is 0. The van der Waals surface area contributed by atoms with Gasteiger partial charge in [-0.3, -0.25) is 4.79 Å². The maximum absolute atomic E-state index is 12.3. The summed E-state index contributed by atoms with van der Waals surface area (Å²) in [7, 11) is -3.13. The van der Waals surface area contributed by atoms with Crippen molar-refractivity contribution in [3.05, 3.63) is 0 Å². The Morgan fingerprint density at radius 3 is 2.21 bits per heavy atom. The van der Waals surface area contributed by atoms with Crippen LogP contribution in [0.2, 0.25) is 0 Å². The van der Waals surface area contributed by atoms with E-state index < -0.39 is 10.0 Å². The highest BCUT2D eigenvalue weighted by Gasteiger charge is 2.48. The number of rotatable bonds is 3. The SMILES string of the molecule is CS(=O)(=O)NC1CCN(C(=O)C2CC3CC3C2)CC1. The summed E-state index contributed by atoms with van der Waals surface area (Å²) in [5, 5.41) is 0. The van der Waals surface area contributed by atoms with Gasteiger partial charge in [0.05, 0.1) is 6.26 Å². The van der Waals surface area contributed by atoms with Gasteiger partial charge in [-0.05, 0) is 43.9 Å². The van der Waals surface area contributed by atoms with Crippen LogP contribution < -0.4 is 4.72 Å². The average molecular weight is 286 g/mol. The van der Waals surface area contributed by atoms with Gasteiger partial charge in [0, 0.05) is 25.0 Å². The van der Waals surface area contributed by atoms with Crippen LogP contribution in [0.3, 0.4) is 0 Å². The van der Waals surface area contributed by atoms with Crippen molar-refractivity contribution in [2.45, 2.75) is 38.1 Å². The topological polar surface area (TPSA) is 66.5 Å². The molecule has 6 heteroatoms. The zero-order chi connectivity index (χ0) is 13.6. The summed E-state index contributed by atoms with van der Waals surface area (Å²) in [6.07, 6.45) is 6.17. The van der Waals surface area contributed by atoms with Crippen LogP contribution in [-0.4, -0.2) is 44.6 Å². The summed E-state index contributed by atoms with van der Waals surface area (Å²) >= 11 is 0. The number of sulfonamides is 1. The summed E-state index contributed by atoms with van der Waals surface area (Å²) < 4.78 is 25.0. The lowest BCUT2D eigenvalue weighted by Gasteiger charge is -2.33. The highest BCUT2D eigenvalue weighted by Crippen LogP contribution is 2.54. The molecule has 0 aromatic heterocycles. The van der Waals surface area contributed by atoms with E-state index in [1.165, 1.54) is 12.7 Å². The number of carbonyl (C=O) groups is 1. The zero-order valence-corrected chi connectivity index (χ0v) is 12.2. The Hall–Kier alpha value is -0.620. The van der Waals surface area contributed by atoms with Crippen molar-refractivity contribution in [1.82, 2.24) is 9.62 Å². The Kier molecular flexibility index (Phi) is 3.33. The van der Waals surface area contributed by atoms with Gasteiger partial charge >= 0.3 is 0 Å². The van der Waals surface area contributed by atoms with Crippen LogP contribution in [0.15, 0.2) is 0 Å². The summed E-state index contributed by atoms with van der Waals surface area (Å²) in [6.45, 7) is 1.38. The lowest BCUT2D eigenvalue weighted by atomic mass is 9.99. The molecule has 3 fully saturated rings. The molecule has 2 aliphatic carbocycles. The van der Waals surface area contributed by atoms with Gasteiger partial charge in [-0.15, -0.1) is 0 Å². The van der Waals surface area contributed by atoms with Crippen molar-refractivity contribution >= 4 is 15.9 Å². The first kappa shape index (κ1) is 13.4. The zero-order valence-electron chi connectivity index (χ0n) is 11.3. The third kappa shape index (κ3) is 3.11. The van der Waals surface area contributed by atoms with E-state index in [1.54, 1.807) is 0 Å². The van der Waals surface area contributed by atoms with E-state index in [-0.39, 0.29) is 12.0 Å². The quantitative estimate of drug-likeness (QED) is 0.825. The number of piperidine rings is 1. The van der Waals surface area contributed by atoms with Crippen molar-refractivity contribution in [2.24, 2.45) is 17.8 Å². The molecule has 0 radical (unpaired) electrons. The van der Waals surface area contributed by atoms with Crippen LogP contribution in [0, 0.1) is 17.8 Å². The van der Waals surface area contributed by atoms with Gasteiger partial charge in [-0.25, -0.2) is 13.1 Å². The molecular weight excluding hydrogens is 264 g/mol. The molecule has 0 aromatic carbocycles. The Labute approximate surface area is 114 Å². The smallest absolute Gasteiger partial charge is 0.225 e. The lowest BCUT2D eigenvalue weighted by Crippen LogP contribution is -2.47. The first-order valence-corrected chi connectivity index (χ1v) is 9.07. The Bertz CT molecular complexity index is 458. The molecule has 1 N–H and O–H groups in total. The molecule has 1 amide bonds. The number of fused-ring (bicyclic) bond motifs is 1. The van der Waals surface area contributed by atoms with Gasteiger partial charge in [0.1, 0.15) is 0 Å². The number of likely N-dealkylation sites (tertiary alicyclic amines) is 1. The average Bonchev–Trinajstić information content (AvgIpc) is 2.94. The standard InChI is InChI=1S/C13H22N2O3S/c1-19(17,18)14-12-2-4-15(5-3-12)13(16)11-7-9-6-10(9)8-11/h9-12,14H,2-8H2,1H3. The van der Waals surface area contributed by atoms with Gasteiger partial charge in [0.25, 0.3) is 0 Å². The van der Waals surface area contributed by atoms with E-state index in [1.807, 2.05) is 4.90 Å². The van der Waals surface area contributed by atoms with Crippen LogP contribution in [0.25, 0.3) is 0 Å². The molecule has 2 saturated carbocycles. The number of hydrogen-bond acceptors (Lipinski definition) is 3. The molecule has 1 aliphatic heterocycles. The lowest BCUT2D eigenvalue weighted by molar-refractivity contribution is -0.136. The van der Waals surface area contributed by atoms with Crippen molar-refractivity contribution in [2.75, 3.05) is 19.3 Å². The normalized spacial score (nSPS) is 35.2. The summed E-state index contributed by atoms with van der Waals surface area (Å²) in [4.78, 5) is 14.3. The first-order chi connectivity index (χ1) is 8.92. The molecule has 1 saturated heterocycles. The Morgan fingerprint density at radius 2 is 1.68 bits per heavy atom. The summed E-state index contributed by atoms with van der Waals surface area (Å²) in [5.74, 6) is 2.23. The monoisotopic (exact) mass is 286 g/mol. The molecule has 2 unspecified atom stereocenters. The van der Waals surface area contributed by atoms with Crippen molar-refractivity contribution in [1.29, 1.82) is 0 Å². The number of amides is 1. The minimum absolute atomic E-state index is 0.00368.